The van der Waals surface area contributed by atoms with Crippen molar-refractivity contribution in [1.29, 1.82) is 0 Å². The molecule has 4 aromatic carbocycles. The molecule has 0 heterocycles. The molecular weight excluding hydrogens is 1740 g/mol. The Labute approximate surface area is 710 Å². The maximum atomic E-state index is 15.2. The van der Waals surface area contributed by atoms with Gasteiger partial charge in [0.15, 0.2) is 26.4 Å². The monoisotopic (exact) mass is 1840 g/mol. The van der Waals surface area contributed by atoms with E-state index in [2.05, 4.69) is 31.9 Å². The summed E-state index contributed by atoms with van der Waals surface area (Å²) in [7, 11) is -21.5. The van der Waals surface area contributed by atoms with Crippen LogP contribution in [0.3, 0.4) is 0 Å². The lowest BCUT2D eigenvalue weighted by Crippen LogP contribution is -2.58. The summed E-state index contributed by atoms with van der Waals surface area (Å²) >= 11 is 0. The fourth-order valence-corrected chi connectivity index (χ4v) is 15.7. The van der Waals surface area contributed by atoms with Crippen molar-refractivity contribution in [3.8, 4) is 23.0 Å². The second kappa shape index (κ2) is 47.9. The molecule has 0 saturated carbocycles. The van der Waals surface area contributed by atoms with Crippen molar-refractivity contribution in [2.45, 2.75) is 95.1 Å². The van der Waals surface area contributed by atoms with Crippen LogP contribution in [0.25, 0.3) is 0 Å². The number of hydrogen-bond donors (Lipinski definition) is 22. The molecule has 0 atom stereocenters. The third-order valence-corrected chi connectivity index (χ3v) is 23.5. The average Bonchev–Trinajstić information content (AvgIpc) is 0.755. The van der Waals surface area contributed by atoms with E-state index in [0.29, 0.717) is 0 Å². The van der Waals surface area contributed by atoms with Crippen LogP contribution in [-0.2, 0) is 133 Å². The quantitative estimate of drug-likeness (QED) is 0.0127. The highest BCUT2D eigenvalue weighted by Gasteiger charge is 2.38. The number of amides is 6. The molecular formula is C72H102N10O38S4. The minimum Gasteiger partial charge on any atom is -0.483 e. The SMILES string of the molecule is CCOC(=O)CNC(=O)COc1c2cc(S(=O)(=O)NCC(=O)NC(CO)(CO)CO)cc1Cc1cc(S(=O)(=O)NCC(=O)NC(CO)(CO)CO)cc(c1OCC(=O)OCC)Cc1cc(S(=O)(=O)NCC(=O)NC(CO)(CO)CO)cc(c1OCC(=O)NCC(=O)OCC)Cc1cc(S(=O)(=O)NCC(=O)NC(CO)(CO)CO)cc(c1OCC(=O)OCC)C2. The molecule has 0 spiro atoms. The highest BCUT2D eigenvalue weighted by atomic mass is 32.2. The molecule has 692 valence electrons. The predicted octanol–water partition coefficient (Wildman–Crippen LogP) is -11.2. The molecule has 4 aromatic rings. The van der Waals surface area contributed by atoms with E-state index in [1.54, 1.807) is 0 Å². The molecule has 0 saturated heterocycles. The minimum atomic E-state index is -5.38. The first kappa shape index (κ1) is 104. The Morgan fingerprint density at radius 2 is 0.452 bits per heavy atom. The zero-order valence-corrected chi connectivity index (χ0v) is 70.7. The number of aliphatic hydroxyl groups is 12. The molecule has 48 nitrogen and oxygen atoms in total. The van der Waals surface area contributed by atoms with Crippen molar-refractivity contribution >= 4 is 99.4 Å². The lowest BCUT2D eigenvalue weighted by molar-refractivity contribution is -0.146. The van der Waals surface area contributed by atoms with Crippen LogP contribution in [0.5, 0.6) is 23.0 Å². The summed E-state index contributed by atoms with van der Waals surface area (Å²) in [6.45, 7) is -20.6. The maximum Gasteiger partial charge on any atom is 0.344 e. The molecule has 1 aliphatic carbocycles. The number of esters is 4. The number of carbonyl (C=O) groups excluding carboxylic acids is 10. The number of aliphatic hydroxyl groups excluding tert-OH is 12. The van der Waals surface area contributed by atoms with E-state index in [0.717, 1.165) is 48.5 Å². The normalized spacial score (nSPS) is 12.6. The number of carbonyl (C=O) groups is 10. The fourth-order valence-electron chi connectivity index (χ4n) is 11.3. The van der Waals surface area contributed by atoms with E-state index in [9.17, 15) is 109 Å². The first-order valence-electron chi connectivity index (χ1n) is 37.4. The Morgan fingerprint density at radius 1 is 0.274 bits per heavy atom. The molecule has 22 N–H and O–H groups in total. The van der Waals surface area contributed by atoms with Crippen LogP contribution < -0.4 is 69.7 Å². The summed E-state index contributed by atoms with van der Waals surface area (Å²) < 4.78 is 175. The third kappa shape index (κ3) is 29.5. The van der Waals surface area contributed by atoms with E-state index in [1.165, 1.54) is 27.7 Å². The highest BCUT2D eigenvalue weighted by Crippen LogP contribution is 2.43. The fraction of sp³-hybridized carbons (Fsp3) is 0.528. The van der Waals surface area contributed by atoms with Gasteiger partial charge in [0.1, 0.15) is 58.2 Å². The first-order chi connectivity index (χ1) is 58.6. The highest BCUT2D eigenvalue weighted by molar-refractivity contribution is 7.90. The predicted molar refractivity (Wildman–Crippen MR) is 421 cm³/mol. The maximum absolute atomic E-state index is 15.2. The molecule has 0 aliphatic heterocycles. The van der Waals surface area contributed by atoms with Crippen molar-refractivity contribution < 1.29 is 181 Å². The van der Waals surface area contributed by atoms with Gasteiger partial charge >= 0.3 is 23.9 Å². The van der Waals surface area contributed by atoms with Gasteiger partial charge in [-0.25, -0.2) is 62.1 Å². The van der Waals surface area contributed by atoms with Gasteiger partial charge in [0.05, 0.1) is 151 Å². The standard InChI is InChI=1S/C72H102N10O38S4/c1-5-113-61(101)25-73-59(99)27-117-65-43-9-47-17-53(123(109,110)77-23-57(97)81-71(37-89,38-90)39-91)19-49(67(47)119-29-63(103)115-7-3)11-45-15-52(122(107,108)76-22-56(96)80-70(34-86,35-87)36-88)16-46(66(45)118-28-60(100)74-26-62(102)114-6-2)12-50-20-54(124(111,112)78-24-58(98)82-72(40-92,41-93)42-94)18-48(68(50)120-30-64(104)116-8-4)10-44(65)14-51(13-43)121(105,106)75-21-55(95)79-69(31-83,32-84)33-85/h13-20,75-78,83-94H,5-12,21-42H2,1-4H3,(H,73,99)(H,74,100)(H,79,95)(H,80,96)(H,81,97)(H,82,98). The van der Waals surface area contributed by atoms with Crippen LogP contribution in [0, 0.1) is 0 Å². The topological polar surface area (TPSA) is 744 Å². The zero-order chi connectivity index (χ0) is 92.6. The Balaban J connectivity index is 2.22. The number of sulfonamides is 4. The first-order valence-corrected chi connectivity index (χ1v) is 43.4. The van der Waals surface area contributed by atoms with Crippen LogP contribution in [-0.4, -0.2) is 348 Å². The van der Waals surface area contributed by atoms with Crippen LogP contribution in [0.1, 0.15) is 72.2 Å². The Hall–Kier alpha value is -10.1. The van der Waals surface area contributed by atoms with Crippen molar-refractivity contribution in [2.75, 3.05) is 171 Å². The Morgan fingerprint density at radius 3 is 0.629 bits per heavy atom. The van der Waals surface area contributed by atoms with Gasteiger partial charge in [-0.1, -0.05) is 0 Å². The molecule has 5 rings (SSSR count). The van der Waals surface area contributed by atoms with Gasteiger partial charge in [-0.15, -0.1) is 0 Å². The number of nitrogens with one attached hydrogen (secondary N) is 10. The molecule has 0 aromatic heterocycles. The van der Waals surface area contributed by atoms with Crippen LogP contribution in [0.15, 0.2) is 68.1 Å². The summed E-state index contributed by atoms with van der Waals surface area (Å²) in [5.74, 6) is -14.7. The summed E-state index contributed by atoms with van der Waals surface area (Å²) in [4.78, 5) is 131. The third-order valence-electron chi connectivity index (χ3n) is 18.0. The summed E-state index contributed by atoms with van der Waals surface area (Å²) in [6, 6.07) is 6.09. The van der Waals surface area contributed by atoms with Gasteiger partial charge in [-0.3, -0.25) is 38.4 Å². The molecule has 6 amide bonds. The number of rotatable bonds is 52. The van der Waals surface area contributed by atoms with Gasteiger partial charge in [0.2, 0.25) is 63.7 Å². The smallest absolute Gasteiger partial charge is 0.344 e. The van der Waals surface area contributed by atoms with Gasteiger partial charge < -0.3 is 131 Å². The summed E-state index contributed by atoms with van der Waals surface area (Å²) in [5.41, 5.74) is -13.4. The lowest BCUT2D eigenvalue weighted by atomic mass is 9.91. The van der Waals surface area contributed by atoms with E-state index in [4.69, 9.17) is 37.9 Å². The molecule has 0 unspecified atom stereocenters. The van der Waals surface area contributed by atoms with Crippen molar-refractivity contribution in [1.82, 2.24) is 50.8 Å². The lowest BCUT2D eigenvalue weighted by Gasteiger charge is -2.28. The summed E-state index contributed by atoms with van der Waals surface area (Å²) in [5, 5.41) is 134. The van der Waals surface area contributed by atoms with Gasteiger partial charge in [-0.2, -0.15) is 0 Å². The zero-order valence-electron chi connectivity index (χ0n) is 67.4. The minimum absolute atomic E-state index is 0.180. The average molecular weight is 1840 g/mol. The summed E-state index contributed by atoms with van der Waals surface area (Å²) in [6.07, 6.45) is -4.42. The van der Waals surface area contributed by atoms with Crippen molar-refractivity contribution in [2.24, 2.45) is 0 Å². The van der Waals surface area contributed by atoms with Gasteiger partial charge in [0, 0.05) is 70.2 Å². The molecule has 124 heavy (non-hydrogen) atoms. The Kier molecular flexibility index (Phi) is 40.3. The van der Waals surface area contributed by atoms with Crippen molar-refractivity contribution in [3.05, 3.63) is 93.0 Å². The second-order valence-corrected chi connectivity index (χ2v) is 34.5. The Bertz CT molecular complexity index is 4490. The van der Waals surface area contributed by atoms with Gasteiger partial charge in [-0.05, 0) is 76.2 Å². The molecule has 0 fully saturated rings. The molecule has 1 aliphatic rings. The molecule has 0 radical (unpaired) electrons. The van der Waals surface area contributed by atoms with Crippen LogP contribution in [0.2, 0.25) is 0 Å². The molecule has 52 heteroatoms. The van der Waals surface area contributed by atoms with E-state index >= 15 is 33.7 Å². The number of hydrogen-bond acceptors (Lipinski definition) is 38. The van der Waals surface area contributed by atoms with Gasteiger partial charge in [0.25, 0.3) is 11.8 Å². The van der Waals surface area contributed by atoms with Crippen LogP contribution >= 0.6 is 0 Å². The van der Waals surface area contributed by atoms with E-state index in [-0.39, 0.29) is 26.4 Å². The van der Waals surface area contributed by atoms with Crippen molar-refractivity contribution in [3.63, 3.8) is 0 Å². The molecule has 8 bridgehead atoms. The second-order valence-electron chi connectivity index (χ2n) is 27.4. The largest absolute Gasteiger partial charge is 0.483 e. The van der Waals surface area contributed by atoms with E-state index < -0.39 is 379 Å². The number of benzene rings is 4. The number of fused-ring (bicyclic) bond motifs is 8. The number of ether oxygens (including phenoxy) is 8. The van der Waals surface area contributed by atoms with Crippen LogP contribution in [0.4, 0.5) is 0 Å². The van der Waals surface area contributed by atoms with E-state index in [1.807, 2.05) is 18.9 Å².